The van der Waals surface area contributed by atoms with Gasteiger partial charge in [0.25, 0.3) is 0 Å². The Morgan fingerprint density at radius 2 is 2.25 bits per heavy atom. The minimum absolute atomic E-state index is 0.187. The summed E-state index contributed by atoms with van der Waals surface area (Å²) in [7, 11) is -3.76. The normalized spacial score (nSPS) is 20.8. The molecule has 0 aliphatic carbocycles. The van der Waals surface area contributed by atoms with Crippen LogP contribution in [-0.2, 0) is 10.0 Å². The lowest BCUT2D eigenvalue weighted by Crippen LogP contribution is -2.39. The van der Waals surface area contributed by atoms with Gasteiger partial charge in [-0.2, -0.15) is 4.31 Å². The number of rotatable bonds is 3. The van der Waals surface area contributed by atoms with E-state index in [2.05, 4.69) is 4.98 Å². The highest BCUT2D eigenvalue weighted by Crippen LogP contribution is 2.27. The van der Waals surface area contributed by atoms with E-state index in [1.54, 1.807) is 0 Å². The number of hydrogen-bond donors (Lipinski definition) is 1. The molecule has 1 unspecified atom stereocenters. The van der Waals surface area contributed by atoms with Crippen LogP contribution < -0.4 is 5.73 Å². The van der Waals surface area contributed by atoms with Crippen LogP contribution >= 0.6 is 0 Å². The van der Waals surface area contributed by atoms with Crippen LogP contribution in [0, 0.1) is 16.0 Å². The van der Waals surface area contributed by atoms with E-state index in [-0.39, 0.29) is 16.6 Å². The second-order valence-electron chi connectivity index (χ2n) is 4.94. The Morgan fingerprint density at radius 1 is 1.55 bits per heavy atom. The van der Waals surface area contributed by atoms with Crippen molar-refractivity contribution in [2.75, 3.05) is 18.8 Å². The van der Waals surface area contributed by atoms with Crippen LogP contribution in [0.4, 0.5) is 11.5 Å². The van der Waals surface area contributed by atoms with Gasteiger partial charge in [0, 0.05) is 25.4 Å². The molecule has 0 bridgehead atoms. The molecular formula is C11H16N4O4S. The zero-order valence-electron chi connectivity index (χ0n) is 11.0. The predicted molar refractivity (Wildman–Crippen MR) is 72.5 cm³/mol. The number of aromatic nitrogens is 1. The first-order valence-electron chi connectivity index (χ1n) is 6.22. The molecule has 2 rings (SSSR count). The lowest BCUT2D eigenvalue weighted by atomic mass is 10.0. The Hall–Kier alpha value is -1.74. The fourth-order valence-corrected chi connectivity index (χ4v) is 3.81. The third-order valence-electron chi connectivity index (χ3n) is 3.33. The maximum absolute atomic E-state index is 12.4. The van der Waals surface area contributed by atoms with E-state index < -0.39 is 20.6 Å². The summed E-state index contributed by atoms with van der Waals surface area (Å²) in [5.41, 5.74) is 4.88. The first-order chi connectivity index (χ1) is 9.32. The van der Waals surface area contributed by atoms with Crippen LogP contribution in [0.2, 0.25) is 0 Å². The summed E-state index contributed by atoms with van der Waals surface area (Å²) in [6.45, 7) is 2.82. The Kier molecular flexibility index (Phi) is 3.91. The van der Waals surface area contributed by atoms with Crippen molar-refractivity contribution >= 4 is 21.5 Å². The third-order valence-corrected chi connectivity index (χ3v) is 5.16. The fraction of sp³-hybridized carbons (Fsp3) is 0.545. The van der Waals surface area contributed by atoms with Crippen molar-refractivity contribution < 1.29 is 13.3 Å². The predicted octanol–water partition coefficient (Wildman–Crippen LogP) is 0.993. The lowest BCUT2D eigenvalue weighted by Gasteiger charge is -2.29. The minimum Gasteiger partial charge on any atom is -0.378 e. The van der Waals surface area contributed by atoms with E-state index in [0.29, 0.717) is 13.1 Å². The standard InChI is InChI=1S/C11H16N4O4S/c1-8-3-2-4-14(7-8)20(18,19)9-5-10(15(16)17)11(12)13-6-9/h5-6,8H,2-4,7H2,1H3,(H2,12,13). The monoisotopic (exact) mass is 300 g/mol. The van der Waals surface area contributed by atoms with E-state index in [9.17, 15) is 18.5 Å². The third kappa shape index (κ3) is 2.73. The number of sulfonamides is 1. The smallest absolute Gasteiger partial charge is 0.312 e. The molecule has 0 amide bonds. The largest absolute Gasteiger partial charge is 0.378 e. The summed E-state index contributed by atoms with van der Waals surface area (Å²) in [6.07, 6.45) is 2.83. The van der Waals surface area contributed by atoms with Gasteiger partial charge in [0.05, 0.1) is 4.92 Å². The van der Waals surface area contributed by atoms with Crippen LogP contribution in [-0.4, -0.2) is 35.7 Å². The van der Waals surface area contributed by atoms with Crippen molar-refractivity contribution in [2.45, 2.75) is 24.7 Å². The van der Waals surface area contributed by atoms with Crippen LogP contribution in [0.25, 0.3) is 0 Å². The van der Waals surface area contributed by atoms with Gasteiger partial charge in [0.1, 0.15) is 4.90 Å². The highest BCUT2D eigenvalue weighted by Gasteiger charge is 2.30. The first kappa shape index (κ1) is 14.7. The molecule has 0 aromatic carbocycles. The number of anilines is 1. The molecule has 0 radical (unpaired) electrons. The molecule has 2 heterocycles. The number of nitrogens with zero attached hydrogens (tertiary/aromatic N) is 3. The fourth-order valence-electron chi connectivity index (χ4n) is 2.25. The summed E-state index contributed by atoms with van der Waals surface area (Å²) < 4.78 is 26.2. The van der Waals surface area contributed by atoms with E-state index in [1.165, 1.54) is 4.31 Å². The molecular weight excluding hydrogens is 284 g/mol. The van der Waals surface area contributed by atoms with E-state index in [1.807, 2.05) is 6.92 Å². The molecule has 1 aromatic rings. The van der Waals surface area contributed by atoms with Crippen molar-refractivity contribution in [2.24, 2.45) is 5.92 Å². The summed E-state index contributed by atoms with van der Waals surface area (Å²) >= 11 is 0. The molecule has 9 heteroatoms. The van der Waals surface area contributed by atoms with Crippen LogP contribution in [0.3, 0.4) is 0 Å². The Labute approximate surface area is 116 Å². The maximum atomic E-state index is 12.4. The summed E-state index contributed by atoms with van der Waals surface area (Å²) in [6, 6.07) is 0.969. The minimum atomic E-state index is -3.76. The number of nitro groups is 1. The van der Waals surface area contributed by atoms with E-state index in [4.69, 9.17) is 5.73 Å². The topological polar surface area (TPSA) is 119 Å². The van der Waals surface area contributed by atoms with Crippen molar-refractivity contribution in [1.82, 2.24) is 9.29 Å². The van der Waals surface area contributed by atoms with E-state index in [0.717, 1.165) is 25.1 Å². The van der Waals surface area contributed by atoms with Gasteiger partial charge in [0.15, 0.2) is 0 Å². The van der Waals surface area contributed by atoms with Gasteiger partial charge in [-0.25, -0.2) is 13.4 Å². The average Bonchev–Trinajstić information content (AvgIpc) is 2.38. The highest BCUT2D eigenvalue weighted by atomic mass is 32.2. The Morgan fingerprint density at radius 3 is 2.85 bits per heavy atom. The summed E-state index contributed by atoms with van der Waals surface area (Å²) in [5, 5.41) is 10.8. The second kappa shape index (κ2) is 5.33. The van der Waals surface area contributed by atoms with Crippen LogP contribution in [0.5, 0.6) is 0 Å². The molecule has 0 spiro atoms. The first-order valence-corrected chi connectivity index (χ1v) is 7.66. The molecule has 110 valence electrons. The van der Waals surface area contributed by atoms with Crippen molar-refractivity contribution in [3.63, 3.8) is 0 Å². The van der Waals surface area contributed by atoms with Crippen molar-refractivity contribution in [3.8, 4) is 0 Å². The van der Waals surface area contributed by atoms with Gasteiger partial charge in [-0.05, 0) is 18.8 Å². The molecule has 1 saturated heterocycles. The molecule has 8 nitrogen and oxygen atoms in total. The molecule has 2 N–H and O–H groups in total. The van der Waals surface area contributed by atoms with Gasteiger partial charge < -0.3 is 5.73 Å². The van der Waals surface area contributed by atoms with Gasteiger partial charge in [0.2, 0.25) is 15.8 Å². The summed E-state index contributed by atoms with van der Waals surface area (Å²) in [4.78, 5) is 13.5. The quantitative estimate of drug-likeness (QED) is 0.656. The average molecular weight is 300 g/mol. The van der Waals surface area contributed by atoms with Crippen LogP contribution in [0.15, 0.2) is 17.2 Å². The molecule has 20 heavy (non-hydrogen) atoms. The highest BCUT2D eigenvalue weighted by molar-refractivity contribution is 7.89. The molecule has 1 fully saturated rings. The molecule has 1 atom stereocenters. The number of nitrogens with two attached hydrogens (primary N) is 1. The number of piperidine rings is 1. The van der Waals surface area contributed by atoms with Gasteiger partial charge in [-0.15, -0.1) is 0 Å². The van der Waals surface area contributed by atoms with Gasteiger partial charge in [-0.1, -0.05) is 6.92 Å². The Bertz CT molecular complexity index is 631. The molecule has 1 aliphatic heterocycles. The SMILES string of the molecule is CC1CCCN(S(=O)(=O)c2cnc(N)c([N+](=O)[O-])c2)C1. The van der Waals surface area contributed by atoms with E-state index >= 15 is 0 Å². The lowest BCUT2D eigenvalue weighted by molar-refractivity contribution is -0.384. The van der Waals surface area contributed by atoms with Crippen molar-refractivity contribution in [1.29, 1.82) is 0 Å². The Balaban J connectivity index is 2.39. The number of hydrogen-bond acceptors (Lipinski definition) is 6. The van der Waals surface area contributed by atoms with Crippen LogP contribution in [0.1, 0.15) is 19.8 Å². The van der Waals surface area contributed by atoms with Crippen molar-refractivity contribution in [3.05, 3.63) is 22.4 Å². The number of pyridine rings is 1. The van der Waals surface area contributed by atoms with Gasteiger partial charge >= 0.3 is 5.69 Å². The molecule has 0 saturated carbocycles. The zero-order chi connectivity index (χ0) is 14.9. The molecule has 1 aromatic heterocycles. The van der Waals surface area contributed by atoms with Gasteiger partial charge in [-0.3, -0.25) is 10.1 Å². The molecule has 1 aliphatic rings. The second-order valence-corrected chi connectivity index (χ2v) is 6.88. The zero-order valence-corrected chi connectivity index (χ0v) is 11.8. The summed E-state index contributed by atoms with van der Waals surface area (Å²) in [5.74, 6) is -0.0174. The number of nitrogen functional groups attached to an aromatic ring is 1. The maximum Gasteiger partial charge on any atom is 0.312 e.